The summed E-state index contributed by atoms with van der Waals surface area (Å²) in [6, 6.07) is 4.92. The van der Waals surface area contributed by atoms with Crippen LogP contribution in [0.4, 0.5) is 19.1 Å². The van der Waals surface area contributed by atoms with E-state index in [0.29, 0.717) is 10.9 Å². The zero-order valence-electron chi connectivity index (χ0n) is 11.8. The van der Waals surface area contributed by atoms with E-state index in [9.17, 15) is 18.0 Å². The number of para-hydroxylation sites is 1. The first-order valence-electron chi connectivity index (χ1n) is 6.54. The smallest absolute Gasteiger partial charge is 0.368 e. The van der Waals surface area contributed by atoms with Crippen molar-refractivity contribution >= 4 is 28.4 Å². The summed E-state index contributed by atoms with van der Waals surface area (Å²) >= 11 is 0. The monoisotopic (exact) mass is 324 g/mol. The fourth-order valence-corrected chi connectivity index (χ4v) is 2.28. The van der Waals surface area contributed by atoms with Crippen molar-refractivity contribution in [2.45, 2.75) is 19.3 Å². The van der Waals surface area contributed by atoms with E-state index in [0.717, 1.165) is 17.8 Å². The first-order valence-corrected chi connectivity index (χ1v) is 6.54. The summed E-state index contributed by atoms with van der Waals surface area (Å²) in [5.41, 5.74) is 5.55. The molecule has 1 amide bonds. The number of hydrogen-bond acceptors (Lipinski definition) is 5. The van der Waals surface area contributed by atoms with E-state index in [1.165, 1.54) is 0 Å². The molecule has 3 aromatic rings. The highest BCUT2D eigenvalue weighted by atomic mass is 19.4. The maximum absolute atomic E-state index is 13.5. The van der Waals surface area contributed by atoms with E-state index in [-0.39, 0.29) is 10.5 Å². The predicted molar refractivity (Wildman–Crippen MR) is 75.5 cm³/mol. The Labute approximate surface area is 127 Å². The standard InChI is InChI=1S/C13H11F3N6O/c1-7(10(17)23)21(13(14,15)16)12-20-9-5-3-2-4-8(9)11-18-6-19-22(11)12/h2-7H,1H3,(H2,17,23)/t7-/m1/s1. The van der Waals surface area contributed by atoms with Gasteiger partial charge in [-0.1, -0.05) is 12.1 Å². The molecule has 0 unspecified atom stereocenters. The molecule has 0 bridgehead atoms. The fraction of sp³-hybridized carbons (Fsp3) is 0.231. The molecule has 2 heterocycles. The van der Waals surface area contributed by atoms with Crippen molar-refractivity contribution in [2.24, 2.45) is 5.73 Å². The van der Waals surface area contributed by atoms with Gasteiger partial charge in [0.05, 0.1) is 5.52 Å². The molecule has 0 radical (unpaired) electrons. The number of halogens is 3. The van der Waals surface area contributed by atoms with Crippen LogP contribution < -0.4 is 10.6 Å². The van der Waals surface area contributed by atoms with E-state index in [2.05, 4.69) is 15.1 Å². The average molecular weight is 324 g/mol. The van der Waals surface area contributed by atoms with Crippen LogP contribution in [0.3, 0.4) is 0 Å². The van der Waals surface area contributed by atoms with E-state index < -0.39 is 24.2 Å². The van der Waals surface area contributed by atoms with E-state index in [1.54, 1.807) is 24.3 Å². The molecule has 2 N–H and O–H groups in total. The Balaban J connectivity index is 2.34. The molecule has 3 rings (SSSR count). The number of carbonyl (C=O) groups is 1. The zero-order valence-corrected chi connectivity index (χ0v) is 11.8. The number of primary amides is 1. The normalized spacial score (nSPS) is 13.4. The van der Waals surface area contributed by atoms with E-state index in [4.69, 9.17) is 5.73 Å². The summed E-state index contributed by atoms with van der Waals surface area (Å²) < 4.78 is 41.3. The molecule has 0 saturated carbocycles. The van der Waals surface area contributed by atoms with Crippen LogP contribution in [0.25, 0.3) is 16.6 Å². The van der Waals surface area contributed by atoms with Crippen LogP contribution in [-0.4, -0.2) is 37.8 Å². The maximum Gasteiger partial charge on any atom is 0.487 e. The number of benzene rings is 1. The molecule has 23 heavy (non-hydrogen) atoms. The second-order valence-corrected chi connectivity index (χ2v) is 4.84. The van der Waals surface area contributed by atoms with Gasteiger partial charge in [-0.15, -0.1) is 13.2 Å². The third-order valence-corrected chi connectivity index (χ3v) is 3.39. The Hall–Kier alpha value is -2.91. The molecule has 0 aliphatic heterocycles. The van der Waals surface area contributed by atoms with Gasteiger partial charge in [-0.25, -0.2) is 14.9 Å². The van der Waals surface area contributed by atoms with E-state index in [1.807, 2.05) is 0 Å². The van der Waals surface area contributed by atoms with Crippen LogP contribution in [-0.2, 0) is 4.79 Å². The van der Waals surface area contributed by atoms with Crippen LogP contribution in [0.15, 0.2) is 30.6 Å². The van der Waals surface area contributed by atoms with Gasteiger partial charge in [0.15, 0.2) is 5.65 Å². The van der Waals surface area contributed by atoms with Gasteiger partial charge in [0, 0.05) is 5.39 Å². The van der Waals surface area contributed by atoms with Crippen LogP contribution in [0, 0.1) is 0 Å². The Morgan fingerprint density at radius 1 is 1.35 bits per heavy atom. The highest BCUT2D eigenvalue weighted by molar-refractivity contribution is 5.92. The lowest BCUT2D eigenvalue weighted by Crippen LogP contribution is -2.51. The minimum atomic E-state index is -4.87. The van der Waals surface area contributed by atoms with Crippen LogP contribution in [0.1, 0.15) is 6.92 Å². The number of nitrogens with zero attached hydrogens (tertiary/aromatic N) is 5. The lowest BCUT2D eigenvalue weighted by Gasteiger charge is -2.29. The van der Waals surface area contributed by atoms with Gasteiger partial charge in [-0.2, -0.15) is 9.61 Å². The first-order chi connectivity index (χ1) is 10.8. The number of nitrogens with two attached hydrogens (primary N) is 1. The summed E-state index contributed by atoms with van der Waals surface area (Å²) in [7, 11) is 0. The largest absolute Gasteiger partial charge is 0.487 e. The summed E-state index contributed by atoms with van der Waals surface area (Å²) in [5.74, 6) is -1.71. The second kappa shape index (κ2) is 5.07. The first kappa shape index (κ1) is 15.0. The van der Waals surface area contributed by atoms with Gasteiger partial charge in [0.2, 0.25) is 11.9 Å². The van der Waals surface area contributed by atoms with Crippen LogP contribution in [0.5, 0.6) is 0 Å². The zero-order chi connectivity index (χ0) is 16.8. The third kappa shape index (κ3) is 2.41. The lowest BCUT2D eigenvalue weighted by molar-refractivity contribution is -0.143. The Morgan fingerprint density at radius 2 is 2.04 bits per heavy atom. The number of hydrogen-bond donors (Lipinski definition) is 1. The van der Waals surface area contributed by atoms with Crippen molar-refractivity contribution in [3.05, 3.63) is 30.6 Å². The number of fused-ring (bicyclic) bond motifs is 3. The Kier molecular flexibility index (Phi) is 3.31. The molecule has 0 aliphatic rings. The summed E-state index contributed by atoms with van der Waals surface area (Å²) in [6.07, 6.45) is -3.75. The number of rotatable bonds is 3. The van der Waals surface area contributed by atoms with Gasteiger partial charge in [0.25, 0.3) is 0 Å². The summed E-state index contributed by atoms with van der Waals surface area (Å²) in [6.45, 7) is 1.05. The Bertz CT molecular complexity index is 890. The van der Waals surface area contributed by atoms with Gasteiger partial charge in [0.1, 0.15) is 12.4 Å². The fourth-order valence-electron chi connectivity index (χ4n) is 2.28. The molecule has 0 saturated heterocycles. The van der Waals surface area contributed by atoms with Crippen molar-refractivity contribution in [1.82, 2.24) is 19.6 Å². The van der Waals surface area contributed by atoms with Crippen LogP contribution >= 0.6 is 0 Å². The predicted octanol–water partition coefficient (Wildman–Crippen LogP) is 1.48. The number of amides is 1. The second-order valence-electron chi connectivity index (χ2n) is 4.84. The number of alkyl halides is 3. The summed E-state index contributed by atoms with van der Waals surface area (Å²) in [5, 5.41) is 4.34. The van der Waals surface area contributed by atoms with Gasteiger partial charge in [-0.3, -0.25) is 4.79 Å². The molecule has 1 aromatic carbocycles. The topological polar surface area (TPSA) is 89.4 Å². The van der Waals surface area contributed by atoms with Crippen LogP contribution in [0.2, 0.25) is 0 Å². The minimum absolute atomic E-state index is 0.122. The van der Waals surface area contributed by atoms with Crippen molar-refractivity contribution < 1.29 is 18.0 Å². The van der Waals surface area contributed by atoms with Gasteiger partial charge in [-0.05, 0) is 19.1 Å². The molecule has 0 aliphatic carbocycles. The van der Waals surface area contributed by atoms with E-state index >= 15 is 0 Å². The lowest BCUT2D eigenvalue weighted by atomic mass is 10.2. The average Bonchev–Trinajstić information content (AvgIpc) is 2.95. The van der Waals surface area contributed by atoms with Gasteiger partial charge < -0.3 is 5.73 Å². The molecule has 120 valence electrons. The highest BCUT2D eigenvalue weighted by Gasteiger charge is 2.45. The molecular weight excluding hydrogens is 313 g/mol. The molecule has 2 aromatic heterocycles. The number of aromatic nitrogens is 4. The van der Waals surface area contributed by atoms with Crippen molar-refractivity contribution in [2.75, 3.05) is 4.90 Å². The molecular formula is C13H11F3N6O. The van der Waals surface area contributed by atoms with Crippen molar-refractivity contribution in [3.63, 3.8) is 0 Å². The quantitative estimate of drug-likeness (QED) is 0.737. The Morgan fingerprint density at radius 3 is 2.70 bits per heavy atom. The van der Waals surface area contributed by atoms with Crippen molar-refractivity contribution in [3.8, 4) is 0 Å². The molecule has 10 heteroatoms. The number of anilines is 1. The maximum atomic E-state index is 13.5. The van der Waals surface area contributed by atoms with Gasteiger partial charge >= 0.3 is 6.30 Å². The highest BCUT2D eigenvalue weighted by Crippen LogP contribution is 2.31. The molecule has 0 fully saturated rings. The SMILES string of the molecule is C[C@H](C(N)=O)N(c1nc2ccccc2c2ncnn12)C(F)(F)F. The van der Waals surface area contributed by atoms with Crippen molar-refractivity contribution in [1.29, 1.82) is 0 Å². The summed E-state index contributed by atoms with van der Waals surface area (Å²) in [4.78, 5) is 19.2. The molecule has 0 spiro atoms. The molecule has 1 atom stereocenters. The third-order valence-electron chi connectivity index (χ3n) is 3.39. The molecule has 7 nitrogen and oxygen atoms in total. The number of carbonyl (C=O) groups excluding carboxylic acids is 1. The minimum Gasteiger partial charge on any atom is -0.368 e.